The highest BCUT2D eigenvalue weighted by molar-refractivity contribution is 5.85. The van der Waals surface area contributed by atoms with E-state index in [2.05, 4.69) is 24.1 Å². The van der Waals surface area contributed by atoms with Gasteiger partial charge < -0.3 is 23.8 Å². The van der Waals surface area contributed by atoms with E-state index >= 15 is 0 Å². The van der Waals surface area contributed by atoms with Crippen LogP contribution in [0.5, 0.6) is 23.0 Å². The molecule has 0 spiro atoms. The second kappa shape index (κ2) is 12.0. The van der Waals surface area contributed by atoms with Crippen molar-refractivity contribution < 1.29 is 23.7 Å². The van der Waals surface area contributed by atoms with Crippen LogP contribution in [-0.4, -0.2) is 59.3 Å². The number of nitrogens with zero attached hydrogens (tertiary/aromatic N) is 1. The predicted molar refractivity (Wildman–Crippen MR) is 140 cm³/mol. The van der Waals surface area contributed by atoms with Gasteiger partial charge in [-0.3, -0.25) is 4.79 Å². The zero-order valence-electron chi connectivity index (χ0n) is 21.5. The highest BCUT2D eigenvalue weighted by Crippen LogP contribution is 2.42. The van der Waals surface area contributed by atoms with E-state index in [1.165, 1.54) is 16.7 Å². The van der Waals surface area contributed by atoms with Crippen LogP contribution >= 0.6 is 12.4 Å². The standard InChI is InChI=1S/C28H37NO5.ClH/c1-29(17-22-11-21-15-27(33-4)28(34-5)16-23(21)22)10-6-7-18-8-9-19-13-25(31-2)26(32-3)14-20(19)12-24(18)30;/h13-16,18,22H,6-12,17H2,1-5H3;1H. The van der Waals surface area contributed by atoms with Crippen LogP contribution in [0.4, 0.5) is 0 Å². The van der Waals surface area contributed by atoms with Gasteiger partial charge >= 0.3 is 0 Å². The molecule has 0 N–H and O–H groups in total. The van der Waals surface area contributed by atoms with Crippen LogP contribution in [0.1, 0.15) is 47.4 Å². The fourth-order valence-electron chi connectivity index (χ4n) is 5.46. The highest BCUT2D eigenvalue weighted by atomic mass is 35.5. The molecule has 2 unspecified atom stereocenters. The number of Topliss-reactive ketones (excluding diaryl/α,β-unsaturated/α-hetero) is 1. The fraction of sp³-hybridized carbons (Fsp3) is 0.536. The van der Waals surface area contributed by atoms with Gasteiger partial charge in [-0.1, -0.05) is 0 Å². The van der Waals surface area contributed by atoms with Gasteiger partial charge in [-0.25, -0.2) is 0 Å². The van der Waals surface area contributed by atoms with Crippen LogP contribution in [-0.2, 0) is 24.1 Å². The van der Waals surface area contributed by atoms with Crippen molar-refractivity contribution >= 4 is 18.2 Å². The van der Waals surface area contributed by atoms with Gasteiger partial charge in [0.15, 0.2) is 23.0 Å². The number of aryl methyl sites for hydroxylation is 1. The Morgan fingerprint density at radius 1 is 0.829 bits per heavy atom. The van der Waals surface area contributed by atoms with Crippen LogP contribution in [0, 0.1) is 5.92 Å². The summed E-state index contributed by atoms with van der Waals surface area (Å²) in [5, 5.41) is 0. The van der Waals surface area contributed by atoms with E-state index in [0.29, 0.717) is 23.9 Å². The first-order valence-corrected chi connectivity index (χ1v) is 12.2. The summed E-state index contributed by atoms with van der Waals surface area (Å²) in [6.07, 6.45) is 5.35. The third kappa shape index (κ3) is 5.87. The van der Waals surface area contributed by atoms with E-state index < -0.39 is 0 Å². The van der Waals surface area contributed by atoms with Crippen molar-refractivity contribution in [2.75, 3.05) is 48.6 Å². The number of benzene rings is 2. The number of fused-ring (bicyclic) bond motifs is 2. The van der Waals surface area contributed by atoms with E-state index in [-0.39, 0.29) is 18.3 Å². The third-order valence-corrected chi connectivity index (χ3v) is 7.46. The van der Waals surface area contributed by atoms with Crippen molar-refractivity contribution in [2.45, 2.75) is 44.4 Å². The number of likely N-dealkylation sites (N-methyl/N-ethyl adjacent to an activating group) is 1. The maximum absolute atomic E-state index is 13.0. The highest BCUT2D eigenvalue weighted by Gasteiger charge is 2.30. The lowest BCUT2D eigenvalue weighted by atomic mass is 9.77. The van der Waals surface area contributed by atoms with Crippen LogP contribution in [0.3, 0.4) is 0 Å². The molecule has 0 aliphatic heterocycles. The van der Waals surface area contributed by atoms with Crippen molar-refractivity contribution in [3.63, 3.8) is 0 Å². The number of rotatable bonds is 10. The van der Waals surface area contributed by atoms with E-state index in [9.17, 15) is 4.79 Å². The molecule has 35 heavy (non-hydrogen) atoms. The third-order valence-electron chi connectivity index (χ3n) is 7.46. The number of hydrogen-bond acceptors (Lipinski definition) is 6. The van der Waals surface area contributed by atoms with Crippen LogP contribution in [0.15, 0.2) is 24.3 Å². The molecule has 0 aromatic heterocycles. The number of hydrogen-bond donors (Lipinski definition) is 0. The molecule has 2 atom stereocenters. The molecule has 2 aliphatic rings. The molecule has 0 heterocycles. The molecule has 2 aromatic carbocycles. The number of carbonyl (C=O) groups excluding carboxylic acids is 1. The molecule has 0 saturated heterocycles. The van der Waals surface area contributed by atoms with Crippen LogP contribution < -0.4 is 18.9 Å². The Morgan fingerprint density at radius 3 is 2.03 bits per heavy atom. The predicted octanol–water partition coefficient (Wildman–Crippen LogP) is 4.87. The van der Waals surface area contributed by atoms with Gasteiger partial charge in [0.05, 0.1) is 28.4 Å². The van der Waals surface area contributed by atoms with Crippen molar-refractivity contribution in [3.8, 4) is 23.0 Å². The Labute approximate surface area is 215 Å². The molecule has 6 nitrogen and oxygen atoms in total. The zero-order valence-corrected chi connectivity index (χ0v) is 22.3. The van der Waals surface area contributed by atoms with E-state index in [1.54, 1.807) is 28.4 Å². The van der Waals surface area contributed by atoms with Crippen molar-refractivity contribution in [2.24, 2.45) is 5.92 Å². The number of methoxy groups -OCH3 is 4. The Morgan fingerprint density at radius 2 is 1.40 bits per heavy atom. The van der Waals surface area contributed by atoms with Crippen LogP contribution in [0.2, 0.25) is 0 Å². The van der Waals surface area contributed by atoms with E-state index in [4.69, 9.17) is 18.9 Å². The van der Waals surface area contributed by atoms with Crippen LogP contribution in [0.25, 0.3) is 0 Å². The Bertz CT molecular complexity index is 1040. The summed E-state index contributed by atoms with van der Waals surface area (Å²) in [5.74, 6) is 4.04. The monoisotopic (exact) mass is 503 g/mol. The average Bonchev–Trinajstić information content (AvgIpc) is 2.98. The summed E-state index contributed by atoms with van der Waals surface area (Å²) in [6, 6.07) is 8.25. The second-order valence-corrected chi connectivity index (χ2v) is 9.57. The van der Waals surface area contributed by atoms with E-state index in [0.717, 1.165) is 68.0 Å². The summed E-state index contributed by atoms with van der Waals surface area (Å²) in [7, 11) is 8.84. The largest absolute Gasteiger partial charge is 0.493 e. The Kier molecular flexibility index (Phi) is 9.31. The first-order chi connectivity index (χ1) is 16.5. The second-order valence-electron chi connectivity index (χ2n) is 9.57. The molecule has 0 fully saturated rings. The Balaban J connectivity index is 0.00000342. The minimum atomic E-state index is 0. The molecular formula is C28H38ClNO5. The Hall–Kier alpha value is -2.44. The molecule has 4 rings (SSSR count). The molecule has 2 aromatic rings. The van der Waals surface area contributed by atoms with Crippen molar-refractivity contribution in [1.29, 1.82) is 0 Å². The van der Waals surface area contributed by atoms with Crippen molar-refractivity contribution in [3.05, 3.63) is 46.5 Å². The van der Waals surface area contributed by atoms with Gasteiger partial charge in [-0.2, -0.15) is 0 Å². The normalized spacial score (nSPS) is 18.5. The average molecular weight is 504 g/mol. The summed E-state index contributed by atoms with van der Waals surface area (Å²) in [5.41, 5.74) is 5.01. The minimum Gasteiger partial charge on any atom is -0.493 e. The smallest absolute Gasteiger partial charge is 0.161 e. The van der Waals surface area contributed by atoms with Gasteiger partial charge in [0.2, 0.25) is 0 Å². The topological polar surface area (TPSA) is 57.2 Å². The maximum Gasteiger partial charge on any atom is 0.161 e. The quantitative estimate of drug-likeness (QED) is 0.431. The summed E-state index contributed by atoms with van der Waals surface area (Å²) >= 11 is 0. The van der Waals surface area contributed by atoms with Gasteiger partial charge in [0.25, 0.3) is 0 Å². The molecular weight excluding hydrogens is 466 g/mol. The fourth-order valence-corrected chi connectivity index (χ4v) is 5.46. The first kappa shape index (κ1) is 27.2. The number of halogens is 1. The number of carbonyl (C=O) groups is 1. The molecule has 0 amide bonds. The van der Waals surface area contributed by atoms with E-state index in [1.807, 2.05) is 12.1 Å². The molecule has 0 bridgehead atoms. The lowest BCUT2D eigenvalue weighted by molar-refractivity contribution is -0.122. The van der Waals surface area contributed by atoms with Gasteiger partial charge in [0, 0.05) is 24.8 Å². The number of ketones is 1. The SMILES string of the molecule is COc1cc2c(cc1OC)CC(=O)C(CCCN(C)CC1Cc3cc(OC)c(OC)cc31)CC2.Cl. The minimum absolute atomic E-state index is 0. The number of ether oxygens (including phenoxy) is 4. The lowest BCUT2D eigenvalue weighted by Crippen LogP contribution is -2.32. The van der Waals surface area contributed by atoms with Gasteiger partial charge in [0.1, 0.15) is 5.78 Å². The van der Waals surface area contributed by atoms with Gasteiger partial charge in [-0.05, 0) is 92.2 Å². The molecule has 2 aliphatic carbocycles. The molecule has 192 valence electrons. The molecule has 0 radical (unpaired) electrons. The summed E-state index contributed by atoms with van der Waals surface area (Å²) < 4.78 is 21.8. The summed E-state index contributed by atoms with van der Waals surface area (Å²) in [6.45, 7) is 2.02. The molecule has 0 saturated carbocycles. The molecule has 7 heteroatoms. The zero-order chi connectivity index (χ0) is 24.2. The van der Waals surface area contributed by atoms with Crippen molar-refractivity contribution in [1.82, 2.24) is 4.90 Å². The maximum atomic E-state index is 13.0. The summed E-state index contributed by atoms with van der Waals surface area (Å²) in [4.78, 5) is 15.4. The van der Waals surface area contributed by atoms with Gasteiger partial charge in [-0.15, -0.1) is 12.4 Å². The first-order valence-electron chi connectivity index (χ1n) is 12.2. The lowest BCUT2D eigenvalue weighted by Gasteiger charge is -2.34.